The van der Waals surface area contributed by atoms with Crippen LogP contribution in [0.4, 0.5) is 0 Å². The first-order valence-electron chi connectivity index (χ1n) is 5.35. The lowest BCUT2D eigenvalue weighted by Gasteiger charge is -2.13. The summed E-state index contributed by atoms with van der Waals surface area (Å²) in [6.45, 7) is 1.59. The molecule has 0 aromatic carbocycles. The molecular weight excluding hydrogens is 196 g/mol. The lowest BCUT2D eigenvalue weighted by Crippen LogP contribution is -2.43. The van der Waals surface area contributed by atoms with Gasteiger partial charge in [-0.15, -0.1) is 0 Å². The third kappa shape index (κ3) is 4.29. The van der Waals surface area contributed by atoms with Crippen molar-refractivity contribution in [1.82, 2.24) is 10.6 Å². The van der Waals surface area contributed by atoms with Crippen LogP contribution in [0.15, 0.2) is 0 Å². The normalized spacial score (nSPS) is 18.7. The maximum atomic E-state index is 11.4. The van der Waals surface area contributed by atoms with Gasteiger partial charge in [-0.1, -0.05) is 12.8 Å². The summed E-state index contributed by atoms with van der Waals surface area (Å²) in [6.07, 6.45) is 4.42. The Hall–Kier alpha value is -1.10. The molecule has 0 heterocycles. The van der Waals surface area contributed by atoms with Gasteiger partial charge in [0.1, 0.15) is 6.04 Å². The van der Waals surface area contributed by atoms with Crippen molar-refractivity contribution >= 4 is 11.9 Å². The highest BCUT2D eigenvalue weighted by molar-refractivity contribution is 5.80. The van der Waals surface area contributed by atoms with Gasteiger partial charge < -0.3 is 10.4 Å². The maximum absolute atomic E-state index is 11.4. The predicted molar refractivity (Wildman–Crippen MR) is 55.5 cm³/mol. The molecule has 15 heavy (non-hydrogen) atoms. The van der Waals surface area contributed by atoms with Crippen molar-refractivity contribution in [2.45, 2.75) is 44.7 Å². The summed E-state index contributed by atoms with van der Waals surface area (Å²) in [7, 11) is 0. The van der Waals surface area contributed by atoms with Gasteiger partial charge in [0.25, 0.3) is 0 Å². The van der Waals surface area contributed by atoms with Crippen molar-refractivity contribution in [2.75, 3.05) is 6.54 Å². The van der Waals surface area contributed by atoms with Gasteiger partial charge in [0.05, 0.1) is 6.54 Å². The Labute approximate surface area is 89.2 Å². The van der Waals surface area contributed by atoms with Gasteiger partial charge in [0.2, 0.25) is 5.91 Å². The van der Waals surface area contributed by atoms with E-state index in [4.69, 9.17) is 5.11 Å². The number of carboxylic acids is 1. The molecule has 1 aliphatic carbocycles. The van der Waals surface area contributed by atoms with Gasteiger partial charge in [-0.25, -0.2) is 0 Å². The van der Waals surface area contributed by atoms with Gasteiger partial charge in [0.15, 0.2) is 0 Å². The van der Waals surface area contributed by atoms with Crippen LogP contribution in [0.3, 0.4) is 0 Å². The number of hydrogen-bond donors (Lipinski definition) is 3. The summed E-state index contributed by atoms with van der Waals surface area (Å²) < 4.78 is 0. The molecule has 1 aliphatic rings. The summed E-state index contributed by atoms with van der Waals surface area (Å²) >= 11 is 0. The van der Waals surface area contributed by atoms with Crippen LogP contribution in [0.1, 0.15) is 32.6 Å². The second kappa shape index (κ2) is 5.70. The van der Waals surface area contributed by atoms with E-state index >= 15 is 0 Å². The monoisotopic (exact) mass is 214 g/mol. The second-order valence-corrected chi connectivity index (χ2v) is 3.99. The molecule has 5 nitrogen and oxygen atoms in total. The number of carbonyl (C=O) groups excluding carboxylic acids is 1. The lowest BCUT2D eigenvalue weighted by atomic mass is 10.2. The standard InChI is InChI=1S/C10H18N2O3/c1-7(10(14)15)11-6-9(13)12-8-4-2-3-5-8/h7-8,11H,2-6H2,1H3,(H,12,13)(H,14,15). The van der Waals surface area contributed by atoms with Crippen LogP contribution in [0, 0.1) is 0 Å². The smallest absolute Gasteiger partial charge is 0.320 e. The quantitative estimate of drug-likeness (QED) is 0.607. The van der Waals surface area contributed by atoms with Crippen molar-refractivity contribution in [3.63, 3.8) is 0 Å². The van der Waals surface area contributed by atoms with E-state index in [-0.39, 0.29) is 12.5 Å². The Balaban J connectivity index is 2.15. The number of hydrogen-bond acceptors (Lipinski definition) is 3. The molecule has 1 saturated carbocycles. The zero-order valence-electron chi connectivity index (χ0n) is 8.95. The first kappa shape index (κ1) is 12.0. The third-order valence-corrected chi connectivity index (χ3v) is 2.66. The molecule has 0 aromatic rings. The van der Waals surface area contributed by atoms with E-state index in [0.29, 0.717) is 6.04 Å². The van der Waals surface area contributed by atoms with Crippen LogP contribution >= 0.6 is 0 Å². The molecule has 5 heteroatoms. The van der Waals surface area contributed by atoms with Crippen LogP contribution in [-0.2, 0) is 9.59 Å². The molecular formula is C10H18N2O3. The molecule has 3 N–H and O–H groups in total. The number of rotatable bonds is 5. The Morgan fingerprint density at radius 1 is 1.40 bits per heavy atom. The molecule has 1 amide bonds. The van der Waals surface area contributed by atoms with Crippen LogP contribution in [0.2, 0.25) is 0 Å². The summed E-state index contributed by atoms with van der Waals surface area (Å²) in [5.74, 6) is -1.06. The second-order valence-electron chi connectivity index (χ2n) is 3.99. The molecule has 1 unspecified atom stereocenters. The van der Waals surface area contributed by atoms with E-state index in [1.54, 1.807) is 0 Å². The molecule has 1 fully saturated rings. The molecule has 0 aliphatic heterocycles. The van der Waals surface area contributed by atoms with Gasteiger partial charge >= 0.3 is 5.97 Å². The van der Waals surface area contributed by atoms with Crippen LogP contribution in [-0.4, -0.2) is 35.6 Å². The minimum absolute atomic E-state index is 0.0734. The number of nitrogens with one attached hydrogen (secondary N) is 2. The highest BCUT2D eigenvalue weighted by Crippen LogP contribution is 2.17. The molecule has 86 valence electrons. The molecule has 0 spiro atoms. The summed E-state index contributed by atoms with van der Waals surface area (Å²) in [4.78, 5) is 21.8. The zero-order valence-corrected chi connectivity index (χ0v) is 8.95. The minimum atomic E-state index is -0.941. The van der Waals surface area contributed by atoms with E-state index in [2.05, 4.69) is 10.6 Å². The fourth-order valence-electron chi connectivity index (χ4n) is 1.68. The first-order chi connectivity index (χ1) is 7.09. The topological polar surface area (TPSA) is 78.4 Å². The summed E-state index contributed by atoms with van der Waals surface area (Å²) in [6, 6.07) is -0.390. The fraction of sp³-hybridized carbons (Fsp3) is 0.800. The summed E-state index contributed by atoms with van der Waals surface area (Å²) in [5.41, 5.74) is 0. The average molecular weight is 214 g/mol. The van der Waals surface area contributed by atoms with E-state index in [1.807, 2.05) is 0 Å². The van der Waals surface area contributed by atoms with Crippen molar-refractivity contribution < 1.29 is 14.7 Å². The molecule has 0 radical (unpaired) electrons. The van der Waals surface area contributed by atoms with E-state index in [0.717, 1.165) is 12.8 Å². The maximum Gasteiger partial charge on any atom is 0.320 e. The Kier molecular flexibility index (Phi) is 4.55. The van der Waals surface area contributed by atoms with Gasteiger partial charge in [-0.3, -0.25) is 14.9 Å². The van der Waals surface area contributed by atoms with Gasteiger partial charge in [-0.05, 0) is 19.8 Å². The average Bonchev–Trinajstić information content (AvgIpc) is 2.66. The molecule has 0 aromatic heterocycles. The van der Waals surface area contributed by atoms with Crippen molar-refractivity contribution in [3.8, 4) is 0 Å². The molecule has 0 saturated heterocycles. The Morgan fingerprint density at radius 2 is 2.00 bits per heavy atom. The van der Waals surface area contributed by atoms with Gasteiger partial charge in [-0.2, -0.15) is 0 Å². The van der Waals surface area contributed by atoms with Crippen LogP contribution in [0.5, 0.6) is 0 Å². The van der Waals surface area contributed by atoms with Crippen molar-refractivity contribution in [3.05, 3.63) is 0 Å². The largest absolute Gasteiger partial charge is 0.480 e. The van der Waals surface area contributed by atoms with Crippen LogP contribution < -0.4 is 10.6 Å². The van der Waals surface area contributed by atoms with Crippen LogP contribution in [0.25, 0.3) is 0 Å². The van der Waals surface area contributed by atoms with Crippen molar-refractivity contribution in [2.24, 2.45) is 0 Å². The number of carboxylic acid groups (broad SMARTS) is 1. The molecule has 0 bridgehead atoms. The zero-order chi connectivity index (χ0) is 11.3. The SMILES string of the molecule is CC(NCC(=O)NC1CCCC1)C(=O)O. The van der Waals surface area contributed by atoms with Crippen molar-refractivity contribution in [1.29, 1.82) is 0 Å². The Morgan fingerprint density at radius 3 is 2.53 bits per heavy atom. The highest BCUT2D eigenvalue weighted by atomic mass is 16.4. The third-order valence-electron chi connectivity index (χ3n) is 2.66. The first-order valence-corrected chi connectivity index (χ1v) is 5.35. The van der Waals surface area contributed by atoms with Gasteiger partial charge in [0, 0.05) is 6.04 Å². The predicted octanol–water partition coefficient (Wildman–Crippen LogP) is 0.108. The Bertz CT molecular complexity index is 237. The lowest BCUT2D eigenvalue weighted by molar-refractivity contribution is -0.139. The highest BCUT2D eigenvalue weighted by Gasteiger charge is 2.18. The molecule has 1 atom stereocenters. The number of carbonyl (C=O) groups is 2. The number of amides is 1. The molecule has 1 rings (SSSR count). The number of aliphatic carboxylic acids is 1. The fourth-order valence-corrected chi connectivity index (χ4v) is 1.68. The summed E-state index contributed by atoms with van der Waals surface area (Å²) in [5, 5.41) is 14.1. The van der Waals surface area contributed by atoms with E-state index in [1.165, 1.54) is 19.8 Å². The minimum Gasteiger partial charge on any atom is -0.480 e. The van der Waals surface area contributed by atoms with E-state index < -0.39 is 12.0 Å². The van der Waals surface area contributed by atoms with E-state index in [9.17, 15) is 9.59 Å².